The zero-order valence-corrected chi connectivity index (χ0v) is 20.9. The summed E-state index contributed by atoms with van der Waals surface area (Å²) in [5, 5.41) is 5.42. The van der Waals surface area contributed by atoms with Gasteiger partial charge in [-0.15, -0.1) is 0 Å². The van der Waals surface area contributed by atoms with E-state index in [9.17, 15) is 22.4 Å². The second-order valence-electron chi connectivity index (χ2n) is 8.26. The van der Waals surface area contributed by atoms with Gasteiger partial charge in [0, 0.05) is 23.9 Å². The number of benzene rings is 3. The lowest BCUT2D eigenvalue weighted by atomic mass is 10.0. The predicted octanol–water partition coefficient (Wildman–Crippen LogP) is 3.07. The van der Waals surface area contributed by atoms with Crippen LogP contribution in [0.5, 0.6) is 0 Å². The molecule has 4 aromatic rings. The Labute approximate surface area is 219 Å². The van der Waals surface area contributed by atoms with Crippen molar-refractivity contribution < 1.29 is 22.4 Å². The topological polar surface area (TPSA) is 130 Å². The smallest absolute Gasteiger partial charge is 0.251 e. The summed E-state index contributed by atoms with van der Waals surface area (Å²) in [6.07, 6.45) is 3.05. The van der Waals surface area contributed by atoms with E-state index in [0.29, 0.717) is 11.4 Å². The summed E-state index contributed by atoms with van der Waals surface area (Å²) < 4.78 is 40.9. The molecule has 0 unspecified atom stereocenters. The largest absolute Gasteiger partial charge is 0.340 e. The highest BCUT2D eigenvalue weighted by molar-refractivity contribution is 7.89. The van der Waals surface area contributed by atoms with Crippen LogP contribution >= 0.6 is 0 Å². The molecule has 0 spiro atoms. The van der Waals surface area contributed by atoms with Crippen LogP contribution in [-0.4, -0.2) is 36.2 Å². The molecule has 1 heterocycles. The number of sulfonamides is 1. The lowest BCUT2D eigenvalue weighted by Crippen LogP contribution is -2.45. The molecule has 0 saturated carbocycles. The molecule has 194 valence electrons. The highest BCUT2D eigenvalue weighted by atomic mass is 32.2. The summed E-state index contributed by atoms with van der Waals surface area (Å²) >= 11 is 0. The van der Waals surface area contributed by atoms with Gasteiger partial charge >= 0.3 is 0 Å². The van der Waals surface area contributed by atoms with Crippen LogP contribution in [0.15, 0.2) is 102 Å². The molecular weight excluding hydrogens is 509 g/mol. The number of halogens is 1. The first-order valence-corrected chi connectivity index (χ1v) is 13.0. The molecule has 0 radical (unpaired) electrons. The third-order valence-corrected chi connectivity index (χ3v) is 6.95. The second-order valence-corrected chi connectivity index (χ2v) is 10.0. The molecule has 1 aromatic heterocycles. The van der Waals surface area contributed by atoms with Gasteiger partial charge in [0.25, 0.3) is 5.91 Å². The molecule has 0 aliphatic rings. The second kappa shape index (κ2) is 12.2. The Hall–Kier alpha value is -4.48. The van der Waals surface area contributed by atoms with Crippen molar-refractivity contribution >= 4 is 27.5 Å². The van der Waals surface area contributed by atoms with Crippen LogP contribution in [0.2, 0.25) is 0 Å². The van der Waals surface area contributed by atoms with Crippen molar-refractivity contribution in [2.45, 2.75) is 23.9 Å². The molecule has 0 saturated heterocycles. The SMILES string of the molecule is O=C(N[C@@H](Cc1ccccc1)C(=O)Nc1ccc(S(=O)(=O)NCc2ccncn2)cc1)c1ccc(F)cc1. The van der Waals surface area contributed by atoms with Crippen molar-refractivity contribution in [3.8, 4) is 0 Å². The first-order chi connectivity index (χ1) is 18.3. The fourth-order valence-electron chi connectivity index (χ4n) is 3.52. The molecule has 3 N–H and O–H groups in total. The maximum absolute atomic E-state index is 13.3. The van der Waals surface area contributed by atoms with E-state index in [2.05, 4.69) is 25.3 Å². The number of rotatable bonds is 10. The van der Waals surface area contributed by atoms with Crippen LogP contribution in [0.3, 0.4) is 0 Å². The first kappa shape index (κ1) is 26.6. The van der Waals surface area contributed by atoms with Gasteiger partial charge in [0.2, 0.25) is 15.9 Å². The quantitative estimate of drug-likeness (QED) is 0.287. The Morgan fingerprint density at radius 3 is 2.26 bits per heavy atom. The lowest BCUT2D eigenvalue weighted by Gasteiger charge is -2.19. The summed E-state index contributed by atoms with van der Waals surface area (Å²) in [5.74, 6) is -1.51. The van der Waals surface area contributed by atoms with Gasteiger partial charge in [-0.1, -0.05) is 30.3 Å². The number of carbonyl (C=O) groups is 2. The number of nitrogens with zero attached hydrogens (tertiary/aromatic N) is 2. The van der Waals surface area contributed by atoms with Crippen molar-refractivity contribution in [2.24, 2.45) is 0 Å². The minimum absolute atomic E-state index is 0.00173. The average molecular weight is 534 g/mol. The highest BCUT2D eigenvalue weighted by Crippen LogP contribution is 2.16. The summed E-state index contributed by atoms with van der Waals surface area (Å²) in [7, 11) is -3.82. The molecule has 3 aromatic carbocycles. The van der Waals surface area contributed by atoms with Gasteiger partial charge in [0.15, 0.2) is 0 Å². The zero-order valence-electron chi connectivity index (χ0n) is 20.0. The van der Waals surface area contributed by atoms with E-state index < -0.39 is 33.7 Å². The van der Waals surface area contributed by atoms with Crippen molar-refractivity contribution in [1.29, 1.82) is 0 Å². The molecule has 9 nitrogen and oxygen atoms in total. The molecule has 2 amide bonds. The Morgan fingerprint density at radius 2 is 1.61 bits per heavy atom. The standard InChI is InChI=1S/C27H24FN5O4S/c28-21-8-6-20(7-9-21)26(34)33-25(16-19-4-2-1-3-5-19)27(35)32-22-10-12-24(13-11-22)38(36,37)31-17-23-14-15-29-18-30-23/h1-15,18,25,31H,16-17H2,(H,32,35)(H,33,34)/t25-/m0/s1. The normalized spacial score (nSPS) is 11.9. The third kappa shape index (κ3) is 7.28. The number of hydrogen-bond donors (Lipinski definition) is 3. The van der Waals surface area contributed by atoms with E-state index in [1.165, 1.54) is 61.1 Å². The van der Waals surface area contributed by atoms with E-state index in [0.717, 1.165) is 5.56 Å². The van der Waals surface area contributed by atoms with Crippen molar-refractivity contribution in [2.75, 3.05) is 5.32 Å². The molecule has 0 aliphatic heterocycles. The maximum atomic E-state index is 13.3. The maximum Gasteiger partial charge on any atom is 0.251 e. The Kier molecular flexibility index (Phi) is 8.51. The Morgan fingerprint density at radius 1 is 0.895 bits per heavy atom. The van der Waals surface area contributed by atoms with E-state index in [1.54, 1.807) is 6.07 Å². The Balaban J connectivity index is 1.45. The van der Waals surface area contributed by atoms with Crippen LogP contribution in [0.1, 0.15) is 21.6 Å². The van der Waals surface area contributed by atoms with Gasteiger partial charge in [-0.3, -0.25) is 9.59 Å². The molecule has 0 bridgehead atoms. The fourth-order valence-corrected chi connectivity index (χ4v) is 4.52. The number of carbonyl (C=O) groups excluding carboxylic acids is 2. The molecule has 0 fully saturated rings. The molecule has 1 atom stereocenters. The average Bonchev–Trinajstić information content (AvgIpc) is 2.93. The van der Waals surface area contributed by atoms with E-state index in [-0.39, 0.29) is 23.4 Å². The van der Waals surface area contributed by atoms with Crippen molar-refractivity contribution in [3.05, 3.63) is 120 Å². The number of hydrogen-bond acceptors (Lipinski definition) is 6. The van der Waals surface area contributed by atoms with Crippen LogP contribution in [-0.2, 0) is 27.8 Å². The summed E-state index contributed by atoms with van der Waals surface area (Å²) in [6, 6.07) is 20.4. The predicted molar refractivity (Wildman–Crippen MR) is 139 cm³/mol. The lowest BCUT2D eigenvalue weighted by molar-refractivity contribution is -0.118. The van der Waals surface area contributed by atoms with Gasteiger partial charge in [-0.05, 0) is 60.2 Å². The van der Waals surface area contributed by atoms with Gasteiger partial charge in [0.1, 0.15) is 18.2 Å². The zero-order chi connectivity index (χ0) is 27.0. The van der Waals surface area contributed by atoms with E-state index in [4.69, 9.17) is 0 Å². The van der Waals surface area contributed by atoms with Crippen LogP contribution in [0.4, 0.5) is 10.1 Å². The minimum atomic E-state index is -3.82. The monoisotopic (exact) mass is 533 g/mol. The van der Waals surface area contributed by atoms with Gasteiger partial charge in [0.05, 0.1) is 17.1 Å². The summed E-state index contributed by atoms with van der Waals surface area (Å²) in [4.78, 5) is 33.7. The van der Waals surface area contributed by atoms with Crippen LogP contribution in [0, 0.1) is 5.82 Å². The van der Waals surface area contributed by atoms with Gasteiger partial charge < -0.3 is 10.6 Å². The third-order valence-electron chi connectivity index (χ3n) is 5.53. The highest BCUT2D eigenvalue weighted by Gasteiger charge is 2.23. The van der Waals surface area contributed by atoms with Crippen molar-refractivity contribution in [3.63, 3.8) is 0 Å². The summed E-state index contributed by atoms with van der Waals surface area (Å²) in [5.41, 5.74) is 1.89. The molecule has 0 aliphatic carbocycles. The number of amides is 2. The van der Waals surface area contributed by atoms with E-state index in [1.807, 2.05) is 30.3 Å². The minimum Gasteiger partial charge on any atom is -0.340 e. The van der Waals surface area contributed by atoms with Crippen molar-refractivity contribution in [1.82, 2.24) is 20.0 Å². The molecule has 38 heavy (non-hydrogen) atoms. The number of aromatic nitrogens is 2. The summed E-state index contributed by atoms with van der Waals surface area (Å²) in [6.45, 7) is -0.00173. The van der Waals surface area contributed by atoms with Crippen LogP contribution < -0.4 is 15.4 Å². The molecular formula is C27H24FN5O4S. The fraction of sp³-hybridized carbons (Fsp3) is 0.111. The Bertz CT molecular complexity index is 1480. The first-order valence-electron chi connectivity index (χ1n) is 11.6. The number of anilines is 1. The van der Waals surface area contributed by atoms with Crippen LogP contribution in [0.25, 0.3) is 0 Å². The van der Waals surface area contributed by atoms with Gasteiger partial charge in [-0.2, -0.15) is 0 Å². The van der Waals surface area contributed by atoms with E-state index >= 15 is 0 Å². The molecule has 4 rings (SSSR count). The number of nitrogens with one attached hydrogen (secondary N) is 3. The van der Waals surface area contributed by atoms with Gasteiger partial charge in [-0.25, -0.2) is 27.5 Å². The molecule has 11 heteroatoms.